The Kier molecular flexibility index (Phi) is 5.29. The lowest BCUT2D eigenvalue weighted by atomic mass is 10.4. The highest BCUT2D eigenvalue weighted by molar-refractivity contribution is 5.79. The number of halogens is 3. The quantitative estimate of drug-likeness (QED) is 0.313. The Hall–Kier alpha value is -0.980. The van der Waals surface area contributed by atoms with Crippen LogP contribution < -0.4 is 11.3 Å². The lowest BCUT2D eigenvalue weighted by Gasteiger charge is -2.25. The van der Waals surface area contributed by atoms with Crippen LogP contribution >= 0.6 is 0 Å². The minimum absolute atomic E-state index is 0.0455. The Balaban J connectivity index is 4.43. The van der Waals surface area contributed by atoms with Gasteiger partial charge in [0, 0.05) is 13.6 Å². The fourth-order valence-electron chi connectivity index (χ4n) is 1.04. The van der Waals surface area contributed by atoms with Gasteiger partial charge in [-0.2, -0.15) is 13.2 Å². The zero-order valence-corrected chi connectivity index (χ0v) is 8.23. The largest absolute Gasteiger partial charge is 0.406 e. The third kappa shape index (κ3) is 4.90. The monoisotopic (exact) mass is 212 g/mol. The van der Waals surface area contributed by atoms with Crippen LogP contribution in [0.5, 0.6) is 0 Å². The highest BCUT2D eigenvalue weighted by Crippen LogP contribution is 2.16. The summed E-state index contributed by atoms with van der Waals surface area (Å²) in [4.78, 5) is 4.67. The SMILES string of the molecule is CCCN(CC(F)(F)F)C(=NC)NN. The van der Waals surface area contributed by atoms with Crippen molar-refractivity contribution in [3.63, 3.8) is 0 Å². The van der Waals surface area contributed by atoms with Gasteiger partial charge in [0.2, 0.25) is 5.96 Å². The summed E-state index contributed by atoms with van der Waals surface area (Å²) in [5.74, 6) is 5.09. The van der Waals surface area contributed by atoms with Crippen molar-refractivity contribution in [1.29, 1.82) is 0 Å². The van der Waals surface area contributed by atoms with Crippen molar-refractivity contribution in [2.45, 2.75) is 19.5 Å². The second kappa shape index (κ2) is 5.69. The fourth-order valence-corrected chi connectivity index (χ4v) is 1.04. The van der Waals surface area contributed by atoms with Crippen molar-refractivity contribution in [1.82, 2.24) is 10.3 Å². The van der Waals surface area contributed by atoms with Gasteiger partial charge >= 0.3 is 6.18 Å². The molecule has 4 nitrogen and oxygen atoms in total. The molecule has 0 amide bonds. The van der Waals surface area contributed by atoms with E-state index in [9.17, 15) is 13.2 Å². The lowest BCUT2D eigenvalue weighted by molar-refractivity contribution is -0.138. The standard InChI is InChI=1S/C7H15F3N4/c1-3-4-14(5-7(8,9)10)6(12-2)13-11/h3-5,11H2,1-2H3,(H,12,13). The zero-order chi connectivity index (χ0) is 11.2. The third-order valence-electron chi connectivity index (χ3n) is 1.50. The second-order valence-corrected chi connectivity index (χ2v) is 2.73. The van der Waals surface area contributed by atoms with E-state index in [0.717, 1.165) is 4.90 Å². The molecule has 0 saturated carbocycles. The molecule has 7 heteroatoms. The van der Waals surface area contributed by atoms with Crippen molar-refractivity contribution in [3.8, 4) is 0 Å². The molecule has 0 fully saturated rings. The number of nitrogens with one attached hydrogen (secondary N) is 1. The number of guanidine groups is 1. The highest BCUT2D eigenvalue weighted by Gasteiger charge is 2.31. The molecule has 0 radical (unpaired) electrons. The third-order valence-corrected chi connectivity index (χ3v) is 1.50. The predicted octanol–water partition coefficient (Wildman–Crippen LogP) is 0.710. The van der Waals surface area contributed by atoms with Gasteiger partial charge in [-0.1, -0.05) is 6.92 Å². The molecule has 0 aliphatic rings. The minimum atomic E-state index is -4.25. The van der Waals surface area contributed by atoms with E-state index in [1.165, 1.54) is 7.05 Å². The van der Waals surface area contributed by atoms with E-state index in [4.69, 9.17) is 5.84 Å². The number of aliphatic imine (C=N–C) groups is 1. The van der Waals surface area contributed by atoms with Crippen LogP contribution in [0, 0.1) is 0 Å². The van der Waals surface area contributed by atoms with Crippen LogP contribution in [0.4, 0.5) is 13.2 Å². The topological polar surface area (TPSA) is 53.6 Å². The number of nitrogens with zero attached hydrogens (tertiary/aromatic N) is 2. The van der Waals surface area contributed by atoms with E-state index in [0.29, 0.717) is 6.42 Å². The number of alkyl halides is 3. The molecular weight excluding hydrogens is 197 g/mol. The molecule has 84 valence electrons. The van der Waals surface area contributed by atoms with Crippen molar-refractivity contribution >= 4 is 5.96 Å². The van der Waals surface area contributed by atoms with Crippen LogP contribution in [0.3, 0.4) is 0 Å². The lowest BCUT2D eigenvalue weighted by Crippen LogP contribution is -2.48. The summed E-state index contributed by atoms with van der Waals surface area (Å²) in [6.45, 7) is 1.00. The number of hydrogen-bond acceptors (Lipinski definition) is 2. The first-order valence-corrected chi connectivity index (χ1v) is 4.19. The first-order valence-electron chi connectivity index (χ1n) is 4.19. The molecule has 0 aliphatic carbocycles. The van der Waals surface area contributed by atoms with Crippen LogP contribution in [0.15, 0.2) is 4.99 Å². The second-order valence-electron chi connectivity index (χ2n) is 2.73. The van der Waals surface area contributed by atoms with Crippen molar-refractivity contribution in [3.05, 3.63) is 0 Å². The molecule has 0 spiro atoms. The van der Waals surface area contributed by atoms with Crippen LogP contribution in [-0.2, 0) is 0 Å². The Bertz CT molecular complexity index is 190. The maximum atomic E-state index is 12.1. The van der Waals surface area contributed by atoms with Gasteiger partial charge in [0.1, 0.15) is 6.54 Å². The Morgan fingerprint density at radius 1 is 1.50 bits per heavy atom. The van der Waals surface area contributed by atoms with Gasteiger partial charge in [-0.25, -0.2) is 5.84 Å². The number of rotatable bonds is 3. The molecule has 14 heavy (non-hydrogen) atoms. The molecule has 3 N–H and O–H groups in total. The van der Waals surface area contributed by atoms with Gasteiger partial charge in [0.15, 0.2) is 0 Å². The van der Waals surface area contributed by atoms with E-state index >= 15 is 0 Å². The highest BCUT2D eigenvalue weighted by atomic mass is 19.4. The molecule has 0 aliphatic heterocycles. The van der Waals surface area contributed by atoms with Gasteiger partial charge in [0.05, 0.1) is 0 Å². The van der Waals surface area contributed by atoms with Crippen molar-refractivity contribution < 1.29 is 13.2 Å². The van der Waals surface area contributed by atoms with Crippen LogP contribution in [0.1, 0.15) is 13.3 Å². The first-order chi connectivity index (χ1) is 6.44. The summed E-state index contributed by atoms with van der Waals surface area (Å²) in [5.41, 5.74) is 2.14. The molecule has 0 rings (SSSR count). The van der Waals surface area contributed by atoms with E-state index in [1.807, 2.05) is 0 Å². The first kappa shape index (κ1) is 13.0. The van der Waals surface area contributed by atoms with Gasteiger partial charge in [-0.3, -0.25) is 10.4 Å². The van der Waals surface area contributed by atoms with Crippen LogP contribution in [0.25, 0.3) is 0 Å². The van der Waals surface area contributed by atoms with Crippen LogP contribution in [0.2, 0.25) is 0 Å². The van der Waals surface area contributed by atoms with Gasteiger partial charge in [-0.15, -0.1) is 0 Å². The van der Waals surface area contributed by atoms with Crippen molar-refractivity contribution in [2.24, 2.45) is 10.8 Å². The molecule has 0 aromatic rings. The Morgan fingerprint density at radius 2 is 2.07 bits per heavy atom. The average Bonchev–Trinajstić information content (AvgIpc) is 2.04. The molecular formula is C7H15F3N4. The maximum Gasteiger partial charge on any atom is 0.406 e. The zero-order valence-electron chi connectivity index (χ0n) is 8.23. The molecule has 0 atom stereocenters. The molecule has 0 bridgehead atoms. The number of hydrogen-bond donors (Lipinski definition) is 2. The number of hydrazine groups is 1. The summed E-state index contributed by atoms with van der Waals surface area (Å²) in [5, 5.41) is 0. The molecule has 0 unspecified atom stereocenters. The summed E-state index contributed by atoms with van der Waals surface area (Å²) in [6, 6.07) is 0. The van der Waals surface area contributed by atoms with Gasteiger partial charge < -0.3 is 4.90 Å². The van der Waals surface area contributed by atoms with E-state index in [2.05, 4.69) is 10.4 Å². The maximum absolute atomic E-state index is 12.1. The normalized spacial score (nSPS) is 12.9. The van der Waals surface area contributed by atoms with E-state index in [-0.39, 0.29) is 12.5 Å². The van der Waals surface area contributed by atoms with Gasteiger partial charge in [-0.05, 0) is 6.42 Å². The number of nitrogens with two attached hydrogens (primary N) is 1. The predicted molar refractivity (Wildman–Crippen MR) is 48.6 cm³/mol. The summed E-state index contributed by atoms with van der Waals surface area (Å²) >= 11 is 0. The molecule has 0 aromatic carbocycles. The molecule has 0 saturated heterocycles. The van der Waals surface area contributed by atoms with Crippen LogP contribution in [-0.4, -0.2) is 37.2 Å². The van der Waals surface area contributed by atoms with E-state index in [1.54, 1.807) is 6.92 Å². The smallest absolute Gasteiger partial charge is 0.333 e. The summed E-state index contributed by atoms with van der Waals surface area (Å²) < 4.78 is 36.3. The molecule has 0 aromatic heterocycles. The van der Waals surface area contributed by atoms with E-state index < -0.39 is 12.7 Å². The Labute approximate surface area is 80.9 Å². The average molecular weight is 212 g/mol. The minimum Gasteiger partial charge on any atom is -0.333 e. The summed E-state index contributed by atoms with van der Waals surface area (Å²) in [6.07, 6.45) is -3.65. The molecule has 0 heterocycles. The van der Waals surface area contributed by atoms with Gasteiger partial charge in [0.25, 0.3) is 0 Å². The van der Waals surface area contributed by atoms with Crippen molar-refractivity contribution in [2.75, 3.05) is 20.1 Å². The fraction of sp³-hybridized carbons (Fsp3) is 0.857. The Morgan fingerprint density at radius 3 is 2.36 bits per heavy atom. The summed E-state index contributed by atoms with van der Waals surface area (Å²) in [7, 11) is 1.38.